The van der Waals surface area contributed by atoms with Crippen LogP contribution < -0.4 is 11.3 Å². The second kappa shape index (κ2) is 6.84. The molecule has 0 bridgehead atoms. The van der Waals surface area contributed by atoms with Crippen molar-refractivity contribution in [1.82, 2.24) is 5.43 Å². The lowest BCUT2D eigenvalue weighted by molar-refractivity contribution is 0.447. The summed E-state index contributed by atoms with van der Waals surface area (Å²) in [6.45, 7) is 0. The first kappa shape index (κ1) is 14.2. The van der Waals surface area contributed by atoms with Gasteiger partial charge in [0.15, 0.2) is 0 Å². The maximum Gasteiger partial charge on any atom is 0.124 e. The van der Waals surface area contributed by atoms with Gasteiger partial charge in [-0.1, -0.05) is 15.9 Å². The molecule has 0 spiro atoms. The van der Waals surface area contributed by atoms with Crippen molar-refractivity contribution in [3.8, 4) is 0 Å². The highest BCUT2D eigenvalue weighted by Gasteiger charge is 2.10. The molecular formula is C14H16BrFN2O. The predicted molar refractivity (Wildman–Crippen MR) is 75.9 cm³/mol. The van der Waals surface area contributed by atoms with E-state index in [0.717, 1.165) is 28.6 Å². The van der Waals surface area contributed by atoms with Crippen molar-refractivity contribution in [2.24, 2.45) is 5.84 Å². The van der Waals surface area contributed by atoms with Gasteiger partial charge in [0.1, 0.15) is 11.6 Å². The maximum atomic E-state index is 13.3. The molecule has 2 aromatic rings. The Labute approximate surface area is 120 Å². The third kappa shape index (κ3) is 4.45. The zero-order valence-corrected chi connectivity index (χ0v) is 12.0. The maximum absolute atomic E-state index is 13.3. The second-order valence-corrected chi connectivity index (χ2v) is 5.38. The van der Waals surface area contributed by atoms with Gasteiger partial charge < -0.3 is 4.42 Å². The molecule has 3 N–H and O–H groups in total. The highest BCUT2D eigenvalue weighted by molar-refractivity contribution is 9.10. The van der Waals surface area contributed by atoms with Crippen molar-refractivity contribution in [3.05, 3.63) is 58.2 Å². The molecule has 102 valence electrons. The van der Waals surface area contributed by atoms with Crippen LogP contribution >= 0.6 is 15.9 Å². The van der Waals surface area contributed by atoms with E-state index in [1.54, 1.807) is 6.26 Å². The van der Waals surface area contributed by atoms with Gasteiger partial charge >= 0.3 is 0 Å². The van der Waals surface area contributed by atoms with E-state index in [9.17, 15) is 4.39 Å². The average Bonchev–Trinajstić information content (AvgIpc) is 2.86. The molecular weight excluding hydrogens is 311 g/mol. The second-order valence-electron chi connectivity index (χ2n) is 4.46. The van der Waals surface area contributed by atoms with Gasteiger partial charge in [-0.15, -0.1) is 0 Å². The summed E-state index contributed by atoms with van der Waals surface area (Å²) < 4.78 is 19.3. The smallest absolute Gasteiger partial charge is 0.124 e. The Bertz CT molecular complexity index is 496. The summed E-state index contributed by atoms with van der Waals surface area (Å²) in [6, 6.07) is 8.76. The van der Waals surface area contributed by atoms with Crippen molar-refractivity contribution in [3.63, 3.8) is 0 Å². The highest BCUT2D eigenvalue weighted by Crippen LogP contribution is 2.17. The van der Waals surface area contributed by atoms with E-state index in [-0.39, 0.29) is 11.9 Å². The Hall–Kier alpha value is -1.17. The van der Waals surface area contributed by atoms with Crippen molar-refractivity contribution < 1.29 is 8.81 Å². The number of rotatable bonds is 6. The van der Waals surface area contributed by atoms with Crippen LogP contribution in [0.1, 0.15) is 17.7 Å². The summed E-state index contributed by atoms with van der Waals surface area (Å²) in [4.78, 5) is 0. The lowest BCUT2D eigenvalue weighted by Gasteiger charge is -2.15. The highest BCUT2D eigenvalue weighted by atomic mass is 79.9. The Morgan fingerprint density at radius 1 is 1.37 bits per heavy atom. The van der Waals surface area contributed by atoms with E-state index in [1.807, 2.05) is 18.2 Å². The van der Waals surface area contributed by atoms with Gasteiger partial charge in [0.05, 0.1) is 6.26 Å². The van der Waals surface area contributed by atoms with E-state index in [4.69, 9.17) is 10.3 Å². The van der Waals surface area contributed by atoms with E-state index < -0.39 is 0 Å². The standard InChI is InChI=1S/C14H16BrFN2O/c15-11-6-10(7-12(16)9-11)8-13(18-17)3-4-14-2-1-5-19-14/h1-2,5-7,9,13,18H,3-4,8,17H2. The molecule has 1 unspecified atom stereocenters. The van der Waals surface area contributed by atoms with Gasteiger partial charge in [-0.05, 0) is 48.7 Å². The first-order valence-electron chi connectivity index (χ1n) is 6.11. The lowest BCUT2D eigenvalue weighted by Crippen LogP contribution is -2.37. The zero-order valence-electron chi connectivity index (χ0n) is 10.4. The number of nitrogens with one attached hydrogen (secondary N) is 1. The number of nitrogens with two attached hydrogens (primary N) is 1. The topological polar surface area (TPSA) is 51.2 Å². The lowest BCUT2D eigenvalue weighted by atomic mass is 10.0. The molecule has 1 heterocycles. The minimum absolute atomic E-state index is 0.0822. The molecule has 1 aromatic carbocycles. The third-order valence-corrected chi connectivity index (χ3v) is 3.42. The Morgan fingerprint density at radius 3 is 2.84 bits per heavy atom. The van der Waals surface area contributed by atoms with E-state index in [1.165, 1.54) is 12.1 Å². The minimum atomic E-state index is -0.244. The molecule has 0 radical (unpaired) electrons. The van der Waals surface area contributed by atoms with Crippen LogP contribution in [0.5, 0.6) is 0 Å². The quantitative estimate of drug-likeness (QED) is 0.633. The summed E-state index contributed by atoms with van der Waals surface area (Å²) in [5.41, 5.74) is 3.68. The van der Waals surface area contributed by atoms with E-state index in [0.29, 0.717) is 6.42 Å². The summed E-state index contributed by atoms with van der Waals surface area (Å²) in [6.07, 6.45) is 3.97. The summed E-state index contributed by atoms with van der Waals surface area (Å²) >= 11 is 3.29. The Morgan fingerprint density at radius 2 is 2.21 bits per heavy atom. The number of hydrogen-bond acceptors (Lipinski definition) is 3. The van der Waals surface area contributed by atoms with Crippen LogP contribution in [0, 0.1) is 5.82 Å². The van der Waals surface area contributed by atoms with Crippen LogP contribution in [-0.2, 0) is 12.8 Å². The van der Waals surface area contributed by atoms with Crippen molar-refractivity contribution in [2.75, 3.05) is 0 Å². The van der Waals surface area contributed by atoms with Crippen molar-refractivity contribution in [2.45, 2.75) is 25.3 Å². The van der Waals surface area contributed by atoms with E-state index >= 15 is 0 Å². The van der Waals surface area contributed by atoms with Crippen LogP contribution in [0.2, 0.25) is 0 Å². The predicted octanol–water partition coefficient (Wildman–Crippen LogP) is 3.19. The molecule has 19 heavy (non-hydrogen) atoms. The Balaban J connectivity index is 1.94. The SMILES string of the molecule is NNC(CCc1ccco1)Cc1cc(F)cc(Br)c1. The molecule has 1 atom stereocenters. The van der Waals surface area contributed by atoms with Crippen molar-refractivity contribution in [1.29, 1.82) is 0 Å². The summed E-state index contributed by atoms with van der Waals surface area (Å²) in [5.74, 6) is 6.24. The van der Waals surface area contributed by atoms with Gasteiger partial charge in [-0.2, -0.15) is 0 Å². The van der Waals surface area contributed by atoms with Crippen LogP contribution in [0.4, 0.5) is 4.39 Å². The van der Waals surface area contributed by atoms with Gasteiger partial charge in [-0.3, -0.25) is 11.3 Å². The summed E-state index contributed by atoms with van der Waals surface area (Å²) in [7, 11) is 0. The molecule has 2 rings (SSSR count). The number of aryl methyl sites for hydroxylation is 1. The van der Waals surface area contributed by atoms with Gasteiger partial charge in [0, 0.05) is 16.9 Å². The third-order valence-electron chi connectivity index (χ3n) is 2.96. The molecule has 0 amide bonds. The Kier molecular flexibility index (Phi) is 5.13. The number of benzene rings is 1. The van der Waals surface area contributed by atoms with Crippen LogP contribution in [-0.4, -0.2) is 6.04 Å². The van der Waals surface area contributed by atoms with Crippen molar-refractivity contribution >= 4 is 15.9 Å². The molecule has 0 saturated carbocycles. The normalized spacial score (nSPS) is 12.6. The zero-order chi connectivity index (χ0) is 13.7. The van der Waals surface area contributed by atoms with Crippen LogP contribution in [0.15, 0.2) is 45.5 Å². The fraction of sp³-hybridized carbons (Fsp3) is 0.286. The van der Waals surface area contributed by atoms with Gasteiger partial charge in [0.25, 0.3) is 0 Å². The largest absolute Gasteiger partial charge is 0.469 e. The van der Waals surface area contributed by atoms with Gasteiger partial charge in [0.2, 0.25) is 0 Å². The number of hydrazine groups is 1. The van der Waals surface area contributed by atoms with Crippen LogP contribution in [0.3, 0.4) is 0 Å². The number of halogens is 2. The fourth-order valence-corrected chi connectivity index (χ4v) is 2.54. The average molecular weight is 327 g/mol. The molecule has 0 fully saturated rings. The fourth-order valence-electron chi connectivity index (χ4n) is 2.03. The first-order chi connectivity index (χ1) is 9.17. The monoisotopic (exact) mass is 326 g/mol. The van der Waals surface area contributed by atoms with Gasteiger partial charge in [-0.25, -0.2) is 4.39 Å². The number of furan rings is 1. The molecule has 5 heteroatoms. The van der Waals surface area contributed by atoms with E-state index in [2.05, 4.69) is 21.4 Å². The number of hydrogen-bond donors (Lipinski definition) is 2. The summed E-state index contributed by atoms with van der Waals surface area (Å²) in [5, 5.41) is 0. The molecule has 0 aliphatic rings. The van der Waals surface area contributed by atoms with Crippen LogP contribution in [0.25, 0.3) is 0 Å². The molecule has 1 aromatic heterocycles. The minimum Gasteiger partial charge on any atom is -0.469 e. The molecule has 0 aliphatic carbocycles. The molecule has 3 nitrogen and oxygen atoms in total. The molecule has 0 aliphatic heterocycles. The first-order valence-corrected chi connectivity index (χ1v) is 6.90. The molecule has 0 saturated heterocycles.